The maximum Gasteiger partial charge on any atom is 0.148 e. The van der Waals surface area contributed by atoms with Crippen LogP contribution in [0, 0.1) is 11.2 Å². The first-order valence-electron chi connectivity index (χ1n) is 8.92. The second-order valence-electron chi connectivity index (χ2n) is 7.63. The minimum absolute atomic E-state index is 0.194. The minimum atomic E-state index is -1.14. The van der Waals surface area contributed by atoms with Crippen molar-refractivity contribution in [3.8, 4) is 0 Å². The molecule has 148 valence electrons. The molecule has 1 aliphatic rings. The van der Waals surface area contributed by atoms with Crippen LogP contribution in [0.2, 0.25) is 0 Å². The molecule has 1 N–H and O–H groups in total. The van der Waals surface area contributed by atoms with Gasteiger partial charge in [0.25, 0.3) is 0 Å². The first kappa shape index (κ1) is 20.6. The summed E-state index contributed by atoms with van der Waals surface area (Å²) in [6.07, 6.45) is 2.11. The summed E-state index contributed by atoms with van der Waals surface area (Å²) in [5.74, 6) is -0.194. The molecule has 3 rings (SSSR count). The van der Waals surface area contributed by atoms with E-state index in [1.807, 2.05) is 18.2 Å². The Morgan fingerprint density at radius 1 is 1.22 bits per heavy atom. The molecule has 0 spiro atoms. The third-order valence-electron chi connectivity index (χ3n) is 4.74. The van der Waals surface area contributed by atoms with Gasteiger partial charge in [-0.15, -0.1) is 11.3 Å². The third-order valence-corrected chi connectivity index (χ3v) is 8.40. The summed E-state index contributed by atoms with van der Waals surface area (Å²) in [4.78, 5) is 2.14. The van der Waals surface area contributed by atoms with Crippen molar-refractivity contribution in [1.82, 2.24) is 4.31 Å². The van der Waals surface area contributed by atoms with Crippen LogP contribution in [0.3, 0.4) is 0 Å². The number of benzene rings is 1. The van der Waals surface area contributed by atoms with E-state index in [9.17, 15) is 8.60 Å². The van der Waals surface area contributed by atoms with Crippen LogP contribution < -0.4 is 9.62 Å². The highest BCUT2D eigenvalue weighted by atomic mass is 32.2. The molecule has 1 saturated heterocycles. The molecule has 0 bridgehead atoms. The van der Waals surface area contributed by atoms with Crippen molar-refractivity contribution in [1.29, 1.82) is 0 Å². The molecule has 0 radical (unpaired) electrons. The van der Waals surface area contributed by atoms with Crippen molar-refractivity contribution >= 4 is 45.6 Å². The second-order valence-corrected chi connectivity index (χ2v) is 11.7. The van der Waals surface area contributed by atoms with Crippen molar-refractivity contribution in [2.75, 3.05) is 36.8 Å². The van der Waals surface area contributed by atoms with Gasteiger partial charge >= 0.3 is 0 Å². The molecule has 27 heavy (non-hydrogen) atoms. The van der Waals surface area contributed by atoms with Gasteiger partial charge in [0.2, 0.25) is 0 Å². The van der Waals surface area contributed by atoms with Gasteiger partial charge in [0.15, 0.2) is 0 Å². The summed E-state index contributed by atoms with van der Waals surface area (Å²) in [6.45, 7) is 6.26. The largest absolute Gasteiger partial charge is 0.367 e. The topological polar surface area (TPSA) is 35.6 Å². The summed E-state index contributed by atoms with van der Waals surface area (Å²) in [7, 11) is 2.44. The Morgan fingerprint density at radius 3 is 2.59 bits per heavy atom. The SMILES string of the molecule is CN(C)S(=O)c1ccc(SNc2cccc(F)c2N2CCC(C)(C)CC2)s1. The summed E-state index contributed by atoms with van der Waals surface area (Å²) in [5, 5.41) is 0. The highest BCUT2D eigenvalue weighted by molar-refractivity contribution is 8.02. The van der Waals surface area contributed by atoms with Crippen LogP contribution in [0.5, 0.6) is 0 Å². The Balaban J connectivity index is 1.73. The van der Waals surface area contributed by atoms with Crippen LogP contribution in [0.15, 0.2) is 38.8 Å². The molecule has 1 atom stereocenters. The molecule has 4 nitrogen and oxygen atoms in total. The normalized spacial score (nSPS) is 17.9. The number of para-hydroxylation sites is 1. The average molecular weight is 428 g/mol. The van der Waals surface area contributed by atoms with Gasteiger partial charge in [-0.2, -0.15) is 0 Å². The summed E-state index contributed by atoms with van der Waals surface area (Å²) in [6, 6.07) is 8.99. The average Bonchev–Trinajstić information content (AvgIpc) is 3.09. The van der Waals surface area contributed by atoms with Gasteiger partial charge in [-0.3, -0.25) is 0 Å². The predicted octanol–water partition coefficient (Wildman–Crippen LogP) is 5.22. The molecule has 0 amide bonds. The zero-order valence-corrected chi connectivity index (χ0v) is 18.6. The molecule has 0 aliphatic carbocycles. The van der Waals surface area contributed by atoms with Crippen LogP contribution in [0.25, 0.3) is 0 Å². The highest BCUT2D eigenvalue weighted by Crippen LogP contribution is 2.39. The van der Waals surface area contributed by atoms with E-state index in [2.05, 4.69) is 23.5 Å². The van der Waals surface area contributed by atoms with Crippen LogP contribution in [0.4, 0.5) is 15.8 Å². The first-order chi connectivity index (χ1) is 12.8. The van der Waals surface area contributed by atoms with E-state index >= 15 is 0 Å². The van der Waals surface area contributed by atoms with E-state index in [1.165, 1.54) is 29.4 Å². The van der Waals surface area contributed by atoms with E-state index in [4.69, 9.17) is 0 Å². The van der Waals surface area contributed by atoms with E-state index in [0.29, 0.717) is 11.1 Å². The quantitative estimate of drug-likeness (QED) is 0.642. The number of rotatable bonds is 6. The lowest BCUT2D eigenvalue weighted by molar-refractivity contribution is 0.279. The molecule has 8 heteroatoms. The zero-order valence-electron chi connectivity index (χ0n) is 16.1. The predicted molar refractivity (Wildman–Crippen MR) is 116 cm³/mol. The number of halogens is 1. The van der Waals surface area contributed by atoms with Crippen molar-refractivity contribution in [3.05, 3.63) is 36.1 Å². The van der Waals surface area contributed by atoms with Crippen LogP contribution in [0.1, 0.15) is 26.7 Å². The van der Waals surface area contributed by atoms with Crippen molar-refractivity contribution < 1.29 is 8.60 Å². The lowest BCUT2D eigenvalue weighted by Gasteiger charge is -2.39. The highest BCUT2D eigenvalue weighted by Gasteiger charge is 2.28. The monoisotopic (exact) mass is 427 g/mol. The van der Waals surface area contributed by atoms with Crippen LogP contribution >= 0.6 is 23.3 Å². The summed E-state index contributed by atoms with van der Waals surface area (Å²) in [5.41, 5.74) is 1.75. The number of piperidine rings is 1. The number of thiophene rings is 1. The van der Waals surface area contributed by atoms with E-state index in [-0.39, 0.29) is 5.82 Å². The minimum Gasteiger partial charge on any atom is -0.367 e. The molecule has 1 aromatic carbocycles. The molecule has 1 unspecified atom stereocenters. The molecule has 0 saturated carbocycles. The summed E-state index contributed by atoms with van der Waals surface area (Å²) < 4.78 is 33.6. The molecule has 2 aromatic rings. The van der Waals surface area contributed by atoms with Gasteiger partial charge in [-0.25, -0.2) is 12.9 Å². The molecule has 1 fully saturated rings. The van der Waals surface area contributed by atoms with Crippen molar-refractivity contribution in [2.24, 2.45) is 5.41 Å². The van der Waals surface area contributed by atoms with Gasteiger partial charge < -0.3 is 9.62 Å². The Bertz CT molecular complexity index is 812. The fourth-order valence-electron chi connectivity index (χ4n) is 2.99. The smallest absolute Gasteiger partial charge is 0.148 e. The molecule has 2 heterocycles. The fraction of sp³-hybridized carbons (Fsp3) is 0.474. The lowest BCUT2D eigenvalue weighted by Crippen LogP contribution is -2.38. The molecular formula is C19H26FN3OS3. The van der Waals surface area contributed by atoms with E-state index < -0.39 is 11.0 Å². The Kier molecular flexibility index (Phi) is 6.50. The van der Waals surface area contributed by atoms with Gasteiger partial charge in [0.1, 0.15) is 21.0 Å². The second kappa shape index (κ2) is 8.51. The third kappa shape index (κ3) is 5.04. The standard InChI is InChI=1S/C19H26FN3OS3/c1-19(2)10-12-23(13-11-19)18-14(20)6-5-7-15(18)21-26-16-8-9-17(25-16)27(24)22(3)4/h5-9,21H,10-13H2,1-4H3. The number of anilines is 2. The summed E-state index contributed by atoms with van der Waals surface area (Å²) >= 11 is 2.92. The van der Waals surface area contributed by atoms with Crippen LogP contribution in [-0.2, 0) is 11.0 Å². The number of nitrogens with zero attached hydrogens (tertiary/aromatic N) is 2. The Hall–Kier alpha value is -1.09. The van der Waals surface area contributed by atoms with E-state index in [1.54, 1.807) is 24.5 Å². The van der Waals surface area contributed by atoms with E-state index in [0.717, 1.165) is 40.0 Å². The fourth-order valence-corrected chi connectivity index (χ4v) is 6.24. The Labute approximate surface area is 171 Å². The molecule has 1 aliphatic heterocycles. The van der Waals surface area contributed by atoms with Crippen molar-refractivity contribution in [3.63, 3.8) is 0 Å². The maximum atomic E-state index is 14.6. The van der Waals surface area contributed by atoms with Gasteiger partial charge in [0.05, 0.1) is 15.6 Å². The number of nitrogens with one attached hydrogen (secondary N) is 1. The van der Waals surface area contributed by atoms with Crippen molar-refractivity contribution in [2.45, 2.75) is 35.1 Å². The lowest BCUT2D eigenvalue weighted by atomic mass is 9.82. The van der Waals surface area contributed by atoms with Gasteiger partial charge in [-0.05, 0) is 68.6 Å². The molecular weight excluding hydrogens is 401 g/mol. The van der Waals surface area contributed by atoms with Gasteiger partial charge in [0, 0.05) is 13.1 Å². The first-order valence-corrected chi connectivity index (χ1v) is 11.7. The molecule has 1 aromatic heterocycles. The number of hydrogen-bond acceptors (Lipinski definition) is 5. The zero-order chi connectivity index (χ0) is 19.6. The Morgan fingerprint density at radius 2 is 1.93 bits per heavy atom. The number of hydrogen-bond donors (Lipinski definition) is 1. The van der Waals surface area contributed by atoms with Crippen LogP contribution in [-0.4, -0.2) is 35.7 Å². The maximum absolute atomic E-state index is 14.6. The van der Waals surface area contributed by atoms with Gasteiger partial charge in [-0.1, -0.05) is 19.9 Å².